The Bertz CT molecular complexity index is 2200. The molecule has 0 aliphatic carbocycles. The quantitative estimate of drug-likeness (QED) is 0.0565. The first-order valence-electron chi connectivity index (χ1n) is 24.2. The SMILES string of the molecule is CC[O][Sn]([CH2]c1ccccc1)([CH2]c1ccccc1)[O][Sn]([CH2]c1ccccc1)[CH2]c1ccccc1.CC[O][Sn]([CH2]c1ccccc1)([CH2]c1ccccc1)[O][Sn]([CH2]c1ccccc1)[CH2]c1ccccc1. The van der Waals surface area contributed by atoms with E-state index < -0.39 is 78.8 Å². The van der Waals surface area contributed by atoms with Gasteiger partial charge in [-0.1, -0.05) is 0 Å². The van der Waals surface area contributed by atoms with Gasteiger partial charge in [-0.05, 0) is 0 Å². The van der Waals surface area contributed by atoms with Gasteiger partial charge in [0.2, 0.25) is 0 Å². The van der Waals surface area contributed by atoms with E-state index in [1.54, 1.807) is 0 Å². The van der Waals surface area contributed by atoms with Gasteiger partial charge >= 0.3 is 437 Å². The van der Waals surface area contributed by atoms with Crippen LogP contribution < -0.4 is 0 Å². The zero-order chi connectivity index (χ0) is 47.0. The Labute approximate surface area is 432 Å². The average molecular weight is 1330 g/mol. The molecule has 2 radical (unpaired) electrons. The van der Waals surface area contributed by atoms with Crippen molar-refractivity contribution in [3.05, 3.63) is 287 Å². The van der Waals surface area contributed by atoms with Crippen LogP contribution in [0.4, 0.5) is 0 Å². The summed E-state index contributed by atoms with van der Waals surface area (Å²) in [5, 5.41) is 0. The molecule has 8 heteroatoms. The van der Waals surface area contributed by atoms with Gasteiger partial charge in [0.25, 0.3) is 0 Å². The molecule has 0 unspecified atom stereocenters. The zero-order valence-electron chi connectivity index (χ0n) is 39.8. The van der Waals surface area contributed by atoms with E-state index in [0.29, 0.717) is 13.2 Å². The fourth-order valence-electron chi connectivity index (χ4n) is 8.78. The molecule has 8 aromatic rings. The predicted molar refractivity (Wildman–Crippen MR) is 290 cm³/mol. The molecule has 0 N–H and O–H groups in total. The van der Waals surface area contributed by atoms with Crippen LogP contribution in [0.1, 0.15) is 58.4 Å². The summed E-state index contributed by atoms with van der Waals surface area (Å²) in [5.41, 5.74) is 10.9. The summed E-state index contributed by atoms with van der Waals surface area (Å²) in [6, 6.07) is 86.8. The van der Waals surface area contributed by atoms with Gasteiger partial charge < -0.3 is 0 Å². The molecular formula is C60H66O4Sn4. The minimum atomic E-state index is -3.53. The minimum absolute atomic E-state index is 0.711. The van der Waals surface area contributed by atoms with E-state index in [-0.39, 0.29) is 0 Å². The van der Waals surface area contributed by atoms with Crippen LogP contribution in [-0.4, -0.2) is 92.0 Å². The summed E-state index contributed by atoms with van der Waals surface area (Å²) in [5.74, 6) is 0. The van der Waals surface area contributed by atoms with E-state index in [1.165, 1.54) is 44.5 Å². The molecule has 4 nitrogen and oxygen atoms in total. The average Bonchev–Trinajstić information content (AvgIpc) is 3.37. The Kier molecular flexibility index (Phi) is 22.6. The van der Waals surface area contributed by atoms with Gasteiger partial charge in [0, 0.05) is 0 Å². The van der Waals surface area contributed by atoms with Gasteiger partial charge in [-0.3, -0.25) is 0 Å². The molecule has 8 rings (SSSR count). The molecule has 0 fully saturated rings. The predicted octanol–water partition coefficient (Wildman–Crippen LogP) is 13.2. The van der Waals surface area contributed by atoms with E-state index in [9.17, 15) is 0 Å². The van der Waals surface area contributed by atoms with Crippen LogP contribution in [0.15, 0.2) is 243 Å². The van der Waals surface area contributed by atoms with Crippen molar-refractivity contribution in [2.75, 3.05) is 13.2 Å². The zero-order valence-corrected chi connectivity index (χ0v) is 51.2. The number of hydrogen-bond donors (Lipinski definition) is 0. The fraction of sp³-hybridized carbons (Fsp3) is 0.200. The van der Waals surface area contributed by atoms with Crippen molar-refractivity contribution < 1.29 is 8.97 Å². The van der Waals surface area contributed by atoms with E-state index in [4.69, 9.17) is 8.97 Å². The normalized spacial score (nSPS) is 11.6. The van der Waals surface area contributed by atoms with E-state index in [1.807, 2.05) is 0 Å². The molecule has 0 spiro atoms. The van der Waals surface area contributed by atoms with Gasteiger partial charge in [0.15, 0.2) is 0 Å². The summed E-state index contributed by atoms with van der Waals surface area (Å²) in [6.45, 7) is 5.68. The Morgan fingerprint density at radius 2 is 0.441 bits per heavy atom. The van der Waals surface area contributed by atoms with Crippen LogP contribution in [0.3, 0.4) is 0 Å². The number of rotatable bonds is 24. The monoisotopic (exact) mass is 1330 g/mol. The van der Waals surface area contributed by atoms with Crippen molar-refractivity contribution in [2.45, 2.75) is 49.3 Å². The van der Waals surface area contributed by atoms with E-state index in [2.05, 4.69) is 257 Å². The molecule has 0 aliphatic heterocycles. The molecule has 0 aromatic heterocycles. The second kappa shape index (κ2) is 29.2. The van der Waals surface area contributed by atoms with Crippen molar-refractivity contribution in [1.82, 2.24) is 0 Å². The molecule has 0 saturated carbocycles. The van der Waals surface area contributed by atoms with Gasteiger partial charge in [-0.2, -0.15) is 0 Å². The number of hydrogen-bond acceptors (Lipinski definition) is 4. The molecule has 0 heterocycles. The summed E-state index contributed by atoms with van der Waals surface area (Å²) in [7, 11) is 0. The first-order chi connectivity index (χ1) is 33.5. The van der Waals surface area contributed by atoms with Crippen molar-refractivity contribution in [3.8, 4) is 0 Å². The second-order valence-electron chi connectivity index (χ2n) is 17.3. The molecule has 68 heavy (non-hydrogen) atoms. The topological polar surface area (TPSA) is 36.9 Å². The molecule has 8 aromatic carbocycles. The summed E-state index contributed by atoms with van der Waals surface area (Å²) >= 11 is -11.8. The van der Waals surface area contributed by atoms with Gasteiger partial charge in [-0.15, -0.1) is 0 Å². The summed E-state index contributed by atoms with van der Waals surface area (Å²) < 4.78 is 36.6. The van der Waals surface area contributed by atoms with E-state index in [0.717, 1.165) is 35.5 Å². The maximum atomic E-state index is 7.48. The first kappa shape index (κ1) is 52.6. The third kappa shape index (κ3) is 18.2. The third-order valence-corrected chi connectivity index (χ3v) is 65.4. The molecule has 346 valence electrons. The Morgan fingerprint density at radius 1 is 0.265 bits per heavy atom. The third-order valence-electron chi connectivity index (χ3n) is 11.7. The van der Waals surface area contributed by atoms with Crippen molar-refractivity contribution in [3.63, 3.8) is 0 Å². The van der Waals surface area contributed by atoms with Gasteiger partial charge in [0.05, 0.1) is 0 Å². The first-order valence-corrected chi connectivity index (χ1v) is 47.3. The standard InChI is InChI=1S/8C7H7.2C2H5O.2O.4Sn/c8*1-7-5-3-2-4-6-7;2*1-2-3;;;;;;/h8*2-6H,1H2;2*2H2,1H3;;;;;;/q;;;;;;;;2*-1;;;;;2*+1. The van der Waals surface area contributed by atoms with Crippen LogP contribution in [0.2, 0.25) is 0 Å². The molecule has 0 amide bonds. The number of benzene rings is 8. The maximum absolute atomic E-state index is 7.48. The fourth-order valence-corrected chi connectivity index (χ4v) is 70.5. The second-order valence-corrected chi connectivity index (χ2v) is 52.5. The van der Waals surface area contributed by atoms with Crippen LogP contribution >= 0.6 is 0 Å². The van der Waals surface area contributed by atoms with Crippen molar-refractivity contribution in [1.29, 1.82) is 0 Å². The summed E-state index contributed by atoms with van der Waals surface area (Å²) in [6.07, 6.45) is 0. The van der Waals surface area contributed by atoms with Crippen molar-refractivity contribution >= 4 is 78.8 Å². The van der Waals surface area contributed by atoms with Crippen LogP contribution in [-0.2, 0) is 44.5 Å². The molecule has 0 aliphatic rings. The molecule has 0 atom stereocenters. The Hall–Kier alpha value is -3.21. The van der Waals surface area contributed by atoms with Crippen LogP contribution in [0.25, 0.3) is 0 Å². The van der Waals surface area contributed by atoms with Crippen LogP contribution in [0.5, 0.6) is 0 Å². The molecular weight excluding hydrogens is 1260 g/mol. The van der Waals surface area contributed by atoms with E-state index >= 15 is 0 Å². The molecule has 0 bridgehead atoms. The Morgan fingerprint density at radius 3 is 0.618 bits per heavy atom. The van der Waals surface area contributed by atoms with Gasteiger partial charge in [0.1, 0.15) is 0 Å². The Balaban J connectivity index is 0.000000201. The van der Waals surface area contributed by atoms with Crippen molar-refractivity contribution in [2.24, 2.45) is 0 Å². The summed E-state index contributed by atoms with van der Waals surface area (Å²) in [4.78, 5) is 0. The van der Waals surface area contributed by atoms with Gasteiger partial charge in [-0.25, -0.2) is 0 Å². The molecule has 0 saturated heterocycles. The van der Waals surface area contributed by atoms with Crippen LogP contribution in [0, 0.1) is 0 Å².